The molecule has 0 saturated carbocycles. The molecular weight excluding hydrogens is 244 g/mol. The number of hydrogen-bond acceptors (Lipinski definition) is 4. The molecule has 1 aromatic rings. The normalized spacial score (nSPS) is 14.5. The van der Waals surface area contributed by atoms with E-state index in [0.29, 0.717) is 24.6 Å². The second-order valence-electron chi connectivity index (χ2n) is 5.10. The number of nitrogens with two attached hydrogens (primary N) is 1. The van der Waals surface area contributed by atoms with E-state index in [1.165, 1.54) is 0 Å². The summed E-state index contributed by atoms with van der Waals surface area (Å²) in [5.74, 6) is 1.70. The van der Waals surface area contributed by atoms with Gasteiger partial charge in [0.25, 0.3) is 0 Å². The molecule has 3 N–H and O–H groups in total. The topological polar surface area (TPSA) is 73.6 Å². The third-order valence-electron chi connectivity index (χ3n) is 2.99. The molecule has 104 valence electrons. The van der Waals surface area contributed by atoms with Gasteiger partial charge in [0.1, 0.15) is 0 Å². The highest BCUT2D eigenvalue weighted by Crippen LogP contribution is 2.35. The van der Waals surface area contributed by atoms with Crippen molar-refractivity contribution in [1.82, 2.24) is 5.32 Å². The summed E-state index contributed by atoms with van der Waals surface area (Å²) in [6, 6.07) is 5.16. The molecule has 1 aliphatic heterocycles. The molecule has 0 saturated heterocycles. The maximum absolute atomic E-state index is 11.8. The van der Waals surface area contributed by atoms with Gasteiger partial charge in [0.15, 0.2) is 11.5 Å². The lowest BCUT2D eigenvalue weighted by molar-refractivity contribution is -0.122. The molecule has 0 radical (unpaired) electrons. The van der Waals surface area contributed by atoms with Crippen LogP contribution in [0.3, 0.4) is 0 Å². The number of hydrogen-bond donors (Lipinski definition) is 2. The van der Waals surface area contributed by atoms with Gasteiger partial charge >= 0.3 is 0 Å². The van der Waals surface area contributed by atoms with Crippen molar-refractivity contribution in [2.75, 3.05) is 6.79 Å². The molecule has 1 amide bonds. The van der Waals surface area contributed by atoms with Crippen molar-refractivity contribution in [1.29, 1.82) is 0 Å². The van der Waals surface area contributed by atoms with Gasteiger partial charge < -0.3 is 20.5 Å². The smallest absolute Gasteiger partial charge is 0.237 e. The van der Waals surface area contributed by atoms with Crippen molar-refractivity contribution >= 4 is 5.91 Å². The molecule has 5 nitrogen and oxygen atoms in total. The van der Waals surface area contributed by atoms with E-state index in [0.717, 1.165) is 11.3 Å². The van der Waals surface area contributed by atoms with Crippen molar-refractivity contribution in [2.24, 2.45) is 11.7 Å². The molecule has 0 fully saturated rings. The number of carbonyl (C=O) groups excluding carboxylic acids is 1. The Balaban J connectivity index is 1.92. The van der Waals surface area contributed by atoms with E-state index in [1.807, 2.05) is 32.0 Å². The highest BCUT2D eigenvalue weighted by atomic mass is 16.7. The van der Waals surface area contributed by atoms with Gasteiger partial charge in [-0.15, -0.1) is 0 Å². The Kier molecular flexibility index (Phi) is 4.27. The zero-order chi connectivity index (χ0) is 13.8. The lowest BCUT2D eigenvalue weighted by Crippen LogP contribution is -2.41. The Labute approximate surface area is 113 Å². The van der Waals surface area contributed by atoms with E-state index in [2.05, 4.69) is 5.32 Å². The first-order valence-electron chi connectivity index (χ1n) is 6.48. The molecule has 1 aromatic carbocycles. The van der Waals surface area contributed by atoms with Crippen LogP contribution in [0.1, 0.15) is 25.8 Å². The van der Waals surface area contributed by atoms with E-state index in [9.17, 15) is 4.79 Å². The van der Waals surface area contributed by atoms with Crippen LogP contribution in [0.15, 0.2) is 18.2 Å². The summed E-state index contributed by atoms with van der Waals surface area (Å²) < 4.78 is 10.7. The van der Waals surface area contributed by atoms with Crippen LogP contribution in [0.4, 0.5) is 0 Å². The highest BCUT2D eigenvalue weighted by molar-refractivity contribution is 5.81. The third kappa shape index (κ3) is 3.38. The molecule has 1 heterocycles. The van der Waals surface area contributed by atoms with Gasteiger partial charge in [-0.25, -0.2) is 0 Å². The summed E-state index contributed by atoms with van der Waals surface area (Å²) in [5, 5.41) is 2.83. The van der Waals surface area contributed by atoms with Gasteiger partial charge in [0.2, 0.25) is 12.7 Å². The van der Waals surface area contributed by atoms with Gasteiger partial charge in [0, 0.05) is 12.1 Å². The number of ether oxygens (including phenoxy) is 2. The number of carbonyl (C=O) groups is 1. The van der Waals surface area contributed by atoms with Crippen LogP contribution in [-0.2, 0) is 11.3 Å². The summed E-state index contributed by atoms with van der Waals surface area (Å²) in [5.41, 5.74) is 6.73. The number of para-hydroxylation sites is 1. The Bertz CT molecular complexity index is 460. The molecule has 0 aromatic heterocycles. The summed E-state index contributed by atoms with van der Waals surface area (Å²) in [6.07, 6.45) is 0.679. The SMILES string of the molecule is CC(C)C[C@H](N)C(=O)NCc1cccc2c1OCO2. The summed E-state index contributed by atoms with van der Waals surface area (Å²) in [6.45, 7) is 4.72. The number of benzene rings is 1. The van der Waals surface area contributed by atoms with Gasteiger partial charge in [0.05, 0.1) is 6.04 Å². The second kappa shape index (κ2) is 5.93. The largest absolute Gasteiger partial charge is 0.454 e. The number of nitrogens with one attached hydrogen (secondary N) is 1. The van der Waals surface area contributed by atoms with E-state index in [4.69, 9.17) is 15.2 Å². The molecule has 19 heavy (non-hydrogen) atoms. The zero-order valence-electron chi connectivity index (χ0n) is 11.3. The first kappa shape index (κ1) is 13.7. The number of amides is 1. The fraction of sp³-hybridized carbons (Fsp3) is 0.500. The summed E-state index contributed by atoms with van der Waals surface area (Å²) >= 11 is 0. The van der Waals surface area contributed by atoms with Crippen LogP contribution >= 0.6 is 0 Å². The number of rotatable bonds is 5. The first-order chi connectivity index (χ1) is 9.08. The molecule has 2 rings (SSSR count). The lowest BCUT2D eigenvalue weighted by atomic mass is 10.0. The van der Waals surface area contributed by atoms with Crippen LogP contribution in [0, 0.1) is 5.92 Å². The quantitative estimate of drug-likeness (QED) is 0.843. The molecule has 0 aliphatic carbocycles. The van der Waals surface area contributed by atoms with E-state index in [1.54, 1.807) is 0 Å². The molecule has 0 spiro atoms. The van der Waals surface area contributed by atoms with Gasteiger partial charge in [-0.05, 0) is 18.4 Å². The Morgan fingerprint density at radius 1 is 1.42 bits per heavy atom. The second-order valence-corrected chi connectivity index (χ2v) is 5.10. The minimum Gasteiger partial charge on any atom is -0.454 e. The van der Waals surface area contributed by atoms with Crippen molar-refractivity contribution < 1.29 is 14.3 Å². The molecule has 0 unspecified atom stereocenters. The molecule has 0 bridgehead atoms. The molecule has 5 heteroatoms. The lowest BCUT2D eigenvalue weighted by Gasteiger charge is -2.14. The predicted octanol–water partition coefficient (Wildman–Crippen LogP) is 1.40. The van der Waals surface area contributed by atoms with Crippen LogP contribution in [-0.4, -0.2) is 18.7 Å². The maximum atomic E-state index is 11.8. The maximum Gasteiger partial charge on any atom is 0.237 e. The van der Waals surface area contributed by atoms with Gasteiger partial charge in [-0.3, -0.25) is 4.79 Å². The fourth-order valence-electron chi connectivity index (χ4n) is 2.06. The van der Waals surface area contributed by atoms with Crippen molar-refractivity contribution in [2.45, 2.75) is 32.9 Å². The molecule has 1 atom stereocenters. The Morgan fingerprint density at radius 3 is 2.95 bits per heavy atom. The first-order valence-corrected chi connectivity index (χ1v) is 6.48. The van der Waals surface area contributed by atoms with Crippen LogP contribution in [0.5, 0.6) is 11.5 Å². The van der Waals surface area contributed by atoms with Gasteiger partial charge in [-0.2, -0.15) is 0 Å². The standard InChI is InChI=1S/C14H20N2O3/c1-9(2)6-11(15)14(17)16-7-10-4-3-5-12-13(10)19-8-18-12/h3-5,9,11H,6-8,15H2,1-2H3,(H,16,17)/t11-/m0/s1. The minimum absolute atomic E-state index is 0.134. The van der Waals surface area contributed by atoms with Crippen molar-refractivity contribution in [3.63, 3.8) is 0 Å². The Hall–Kier alpha value is -1.75. The minimum atomic E-state index is -0.464. The third-order valence-corrected chi connectivity index (χ3v) is 2.99. The monoisotopic (exact) mass is 264 g/mol. The average Bonchev–Trinajstić information content (AvgIpc) is 2.83. The molecule has 1 aliphatic rings. The zero-order valence-corrected chi connectivity index (χ0v) is 11.3. The summed E-state index contributed by atoms with van der Waals surface area (Å²) in [7, 11) is 0. The van der Waals surface area contributed by atoms with Crippen LogP contribution < -0.4 is 20.5 Å². The number of fused-ring (bicyclic) bond motifs is 1. The van der Waals surface area contributed by atoms with E-state index in [-0.39, 0.29) is 12.7 Å². The fourth-order valence-corrected chi connectivity index (χ4v) is 2.06. The van der Waals surface area contributed by atoms with Crippen LogP contribution in [0.2, 0.25) is 0 Å². The Morgan fingerprint density at radius 2 is 2.21 bits per heavy atom. The average molecular weight is 264 g/mol. The van der Waals surface area contributed by atoms with E-state index >= 15 is 0 Å². The van der Waals surface area contributed by atoms with Crippen molar-refractivity contribution in [3.05, 3.63) is 23.8 Å². The summed E-state index contributed by atoms with van der Waals surface area (Å²) in [4.78, 5) is 11.8. The van der Waals surface area contributed by atoms with Crippen LogP contribution in [0.25, 0.3) is 0 Å². The van der Waals surface area contributed by atoms with E-state index < -0.39 is 6.04 Å². The molecular formula is C14H20N2O3. The van der Waals surface area contributed by atoms with Crippen molar-refractivity contribution in [3.8, 4) is 11.5 Å². The highest BCUT2D eigenvalue weighted by Gasteiger charge is 2.19. The van der Waals surface area contributed by atoms with Gasteiger partial charge in [-0.1, -0.05) is 26.0 Å². The predicted molar refractivity (Wildman–Crippen MR) is 71.8 cm³/mol.